The van der Waals surface area contributed by atoms with Crippen LogP contribution in [0.3, 0.4) is 0 Å². The van der Waals surface area contributed by atoms with Gasteiger partial charge in [-0.15, -0.1) is 0 Å². The lowest BCUT2D eigenvalue weighted by atomic mass is 10.1. The maximum Gasteiger partial charge on any atom is 0.0762 e. The summed E-state index contributed by atoms with van der Waals surface area (Å²) in [7, 11) is 0. The molecule has 1 aromatic carbocycles. The molecule has 1 atom stereocenters. The summed E-state index contributed by atoms with van der Waals surface area (Å²) in [4.78, 5) is 0. The predicted octanol–water partition coefficient (Wildman–Crippen LogP) is 2.56. The van der Waals surface area contributed by atoms with Crippen LogP contribution in [0.15, 0.2) is 24.3 Å². The van der Waals surface area contributed by atoms with Gasteiger partial charge in [-0.05, 0) is 38.5 Å². The van der Waals surface area contributed by atoms with E-state index < -0.39 is 6.10 Å². The molecule has 0 aliphatic heterocycles. The van der Waals surface area contributed by atoms with Gasteiger partial charge in [0.25, 0.3) is 0 Å². The van der Waals surface area contributed by atoms with Crippen LogP contribution in [0.5, 0.6) is 0 Å². The van der Waals surface area contributed by atoms with Crippen molar-refractivity contribution in [1.29, 1.82) is 0 Å². The Bertz CT molecular complexity index is 269. The molecule has 2 nitrogen and oxygen atoms in total. The quantitative estimate of drug-likeness (QED) is 0.747. The molecule has 13 heavy (non-hydrogen) atoms. The summed E-state index contributed by atoms with van der Waals surface area (Å²) in [6, 6.07) is 8.28. The van der Waals surface area contributed by atoms with Gasteiger partial charge in [0.2, 0.25) is 0 Å². The van der Waals surface area contributed by atoms with E-state index in [2.05, 4.69) is 19.2 Å². The van der Waals surface area contributed by atoms with Crippen molar-refractivity contribution in [2.75, 3.05) is 5.32 Å². The van der Waals surface area contributed by atoms with Crippen LogP contribution in [0, 0.1) is 0 Å². The number of nitrogens with one attached hydrogen (secondary N) is 1. The summed E-state index contributed by atoms with van der Waals surface area (Å²) in [5.74, 6) is 0. The Kier molecular flexibility index (Phi) is 3.32. The zero-order valence-corrected chi connectivity index (χ0v) is 8.41. The third-order valence-electron chi connectivity index (χ3n) is 1.82. The summed E-state index contributed by atoms with van der Waals surface area (Å²) in [6.07, 6.45) is -0.395. The number of anilines is 1. The molecule has 1 aromatic rings. The van der Waals surface area contributed by atoms with E-state index in [-0.39, 0.29) is 0 Å². The maximum absolute atomic E-state index is 9.35. The SMILES string of the molecule is CC(C)Nc1cccc(C(C)O)c1. The minimum Gasteiger partial charge on any atom is -0.389 e. The number of hydrogen-bond donors (Lipinski definition) is 2. The van der Waals surface area contributed by atoms with Gasteiger partial charge in [0.15, 0.2) is 0 Å². The number of aliphatic hydroxyl groups excluding tert-OH is 1. The van der Waals surface area contributed by atoms with Crippen LogP contribution in [-0.4, -0.2) is 11.1 Å². The normalized spacial score (nSPS) is 13.0. The van der Waals surface area contributed by atoms with E-state index in [1.165, 1.54) is 0 Å². The van der Waals surface area contributed by atoms with Crippen LogP contribution in [0.25, 0.3) is 0 Å². The Morgan fingerprint density at radius 1 is 1.23 bits per heavy atom. The second-order valence-corrected chi connectivity index (χ2v) is 3.60. The van der Waals surface area contributed by atoms with Crippen molar-refractivity contribution in [2.24, 2.45) is 0 Å². The summed E-state index contributed by atoms with van der Waals surface area (Å²) >= 11 is 0. The smallest absolute Gasteiger partial charge is 0.0762 e. The summed E-state index contributed by atoms with van der Waals surface area (Å²) in [6.45, 7) is 5.96. The summed E-state index contributed by atoms with van der Waals surface area (Å²) < 4.78 is 0. The monoisotopic (exact) mass is 179 g/mol. The van der Waals surface area contributed by atoms with Gasteiger partial charge in [-0.2, -0.15) is 0 Å². The fourth-order valence-electron chi connectivity index (χ4n) is 1.22. The van der Waals surface area contributed by atoms with Gasteiger partial charge in [0, 0.05) is 11.7 Å². The van der Waals surface area contributed by atoms with E-state index in [9.17, 15) is 5.11 Å². The lowest BCUT2D eigenvalue weighted by Gasteiger charge is -2.12. The molecule has 0 saturated carbocycles. The molecule has 0 fully saturated rings. The highest BCUT2D eigenvalue weighted by Crippen LogP contribution is 2.17. The van der Waals surface area contributed by atoms with Crippen molar-refractivity contribution in [2.45, 2.75) is 32.9 Å². The van der Waals surface area contributed by atoms with Crippen LogP contribution in [0.1, 0.15) is 32.4 Å². The molecular formula is C11H17NO. The van der Waals surface area contributed by atoms with Gasteiger partial charge in [0.05, 0.1) is 6.10 Å². The minimum atomic E-state index is -0.395. The largest absolute Gasteiger partial charge is 0.389 e. The lowest BCUT2D eigenvalue weighted by molar-refractivity contribution is 0.199. The van der Waals surface area contributed by atoms with Crippen LogP contribution in [0.4, 0.5) is 5.69 Å². The van der Waals surface area contributed by atoms with Gasteiger partial charge in [-0.1, -0.05) is 12.1 Å². The van der Waals surface area contributed by atoms with Crippen LogP contribution in [0.2, 0.25) is 0 Å². The van der Waals surface area contributed by atoms with E-state index >= 15 is 0 Å². The molecule has 1 unspecified atom stereocenters. The standard InChI is InChI=1S/C11H17NO/c1-8(2)12-11-6-4-5-10(7-11)9(3)13/h4-9,12-13H,1-3H3. The van der Waals surface area contributed by atoms with Crippen LogP contribution < -0.4 is 5.32 Å². The van der Waals surface area contributed by atoms with Gasteiger partial charge in [0.1, 0.15) is 0 Å². The molecule has 2 N–H and O–H groups in total. The third-order valence-corrected chi connectivity index (χ3v) is 1.82. The van der Waals surface area contributed by atoms with Crippen molar-refractivity contribution < 1.29 is 5.11 Å². The molecule has 0 bridgehead atoms. The van der Waals surface area contributed by atoms with Crippen molar-refractivity contribution in [3.05, 3.63) is 29.8 Å². The molecule has 1 rings (SSSR count). The molecular weight excluding hydrogens is 162 g/mol. The lowest BCUT2D eigenvalue weighted by Crippen LogP contribution is -2.09. The molecule has 2 heteroatoms. The van der Waals surface area contributed by atoms with Gasteiger partial charge in [-0.25, -0.2) is 0 Å². The van der Waals surface area contributed by atoms with Gasteiger partial charge < -0.3 is 10.4 Å². The van der Waals surface area contributed by atoms with E-state index in [4.69, 9.17) is 0 Å². The topological polar surface area (TPSA) is 32.3 Å². The molecule has 0 saturated heterocycles. The molecule has 0 spiro atoms. The summed E-state index contributed by atoms with van der Waals surface area (Å²) in [5, 5.41) is 12.6. The van der Waals surface area contributed by atoms with Gasteiger partial charge in [-0.3, -0.25) is 0 Å². The average molecular weight is 179 g/mol. The van der Waals surface area contributed by atoms with Crippen LogP contribution >= 0.6 is 0 Å². The first-order chi connectivity index (χ1) is 6.09. The molecule has 0 aromatic heterocycles. The van der Waals surface area contributed by atoms with Crippen molar-refractivity contribution in [3.8, 4) is 0 Å². The maximum atomic E-state index is 9.35. The Balaban J connectivity index is 2.79. The Hall–Kier alpha value is -1.02. The Morgan fingerprint density at radius 2 is 1.92 bits per heavy atom. The molecule has 0 aliphatic carbocycles. The van der Waals surface area contributed by atoms with E-state index in [0.717, 1.165) is 11.3 Å². The molecule has 0 amide bonds. The number of hydrogen-bond acceptors (Lipinski definition) is 2. The number of aliphatic hydroxyl groups is 1. The number of benzene rings is 1. The zero-order chi connectivity index (χ0) is 9.84. The summed E-state index contributed by atoms with van der Waals surface area (Å²) in [5.41, 5.74) is 2.01. The second-order valence-electron chi connectivity index (χ2n) is 3.60. The third kappa shape index (κ3) is 3.07. The first-order valence-corrected chi connectivity index (χ1v) is 4.64. The Morgan fingerprint density at radius 3 is 2.46 bits per heavy atom. The van der Waals surface area contributed by atoms with Gasteiger partial charge >= 0.3 is 0 Å². The molecule has 0 heterocycles. The fraction of sp³-hybridized carbons (Fsp3) is 0.455. The van der Waals surface area contributed by atoms with Crippen LogP contribution in [-0.2, 0) is 0 Å². The highest BCUT2D eigenvalue weighted by atomic mass is 16.3. The minimum absolute atomic E-state index is 0.395. The number of rotatable bonds is 3. The van der Waals surface area contributed by atoms with Crippen molar-refractivity contribution in [1.82, 2.24) is 0 Å². The zero-order valence-electron chi connectivity index (χ0n) is 8.41. The highest BCUT2D eigenvalue weighted by molar-refractivity contribution is 5.46. The molecule has 72 valence electrons. The molecule has 0 aliphatic rings. The fourth-order valence-corrected chi connectivity index (χ4v) is 1.22. The van der Waals surface area contributed by atoms with E-state index in [1.807, 2.05) is 24.3 Å². The first-order valence-electron chi connectivity index (χ1n) is 4.64. The van der Waals surface area contributed by atoms with E-state index in [1.54, 1.807) is 6.92 Å². The predicted molar refractivity (Wildman–Crippen MR) is 55.8 cm³/mol. The Labute approximate surface area is 79.6 Å². The van der Waals surface area contributed by atoms with E-state index in [0.29, 0.717) is 6.04 Å². The highest BCUT2D eigenvalue weighted by Gasteiger charge is 2.01. The first kappa shape index (κ1) is 10.1. The molecule has 0 radical (unpaired) electrons. The average Bonchev–Trinajstić information content (AvgIpc) is 2.03. The second kappa shape index (κ2) is 4.28. The van der Waals surface area contributed by atoms with Crippen molar-refractivity contribution >= 4 is 5.69 Å². The van der Waals surface area contributed by atoms with Crippen molar-refractivity contribution in [3.63, 3.8) is 0 Å².